The molecule has 0 bridgehead atoms. The van der Waals surface area contributed by atoms with Gasteiger partial charge in [-0.3, -0.25) is 0 Å². The SMILES string of the molecule is Brc1cnn2c(NCCc3ccccc3)cc(-c3ccccc3I)nc12. The van der Waals surface area contributed by atoms with Crippen molar-refractivity contribution in [3.05, 3.63) is 80.5 Å². The molecule has 0 aliphatic carbocycles. The van der Waals surface area contributed by atoms with Crippen molar-refractivity contribution < 1.29 is 0 Å². The van der Waals surface area contributed by atoms with Gasteiger partial charge in [0, 0.05) is 21.7 Å². The maximum absolute atomic E-state index is 4.80. The van der Waals surface area contributed by atoms with E-state index >= 15 is 0 Å². The molecule has 0 radical (unpaired) electrons. The lowest BCUT2D eigenvalue weighted by atomic mass is 10.1. The molecule has 1 N–H and O–H groups in total. The van der Waals surface area contributed by atoms with E-state index in [0.29, 0.717) is 0 Å². The van der Waals surface area contributed by atoms with E-state index in [2.05, 4.69) is 91.4 Å². The molecule has 4 aromatic rings. The number of nitrogens with one attached hydrogen (secondary N) is 1. The Morgan fingerprint density at radius 1 is 1.04 bits per heavy atom. The Hall–Kier alpha value is -1.93. The first-order valence-electron chi connectivity index (χ1n) is 8.29. The van der Waals surface area contributed by atoms with Crippen molar-refractivity contribution >= 4 is 50.0 Å². The number of hydrogen-bond acceptors (Lipinski definition) is 3. The van der Waals surface area contributed by atoms with Crippen LogP contribution in [0.3, 0.4) is 0 Å². The minimum Gasteiger partial charge on any atom is -0.370 e. The second-order valence-corrected chi connectivity index (χ2v) is 7.91. The number of benzene rings is 2. The van der Waals surface area contributed by atoms with Crippen molar-refractivity contribution in [2.75, 3.05) is 11.9 Å². The van der Waals surface area contributed by atoms with E-state index in [1.165, 1.54) is 9.13 Å². The summed E-state index contributed by atoms with van der Waals surface area (Å²) in [5.74, 6) is 0.936. The number of rotatable bonds is 5. The first kappa shape index (κ1) is 17.5. The van der Waals surface area contributed by atoms with Crippen LogP contribution in [0.1, 0.15) is 5.56 Å². The lowest BCUT2D eigenvalue weighted by Gasteiger charge is -2.12. The standard InChI is InChI=1S/C20H16BrIN4/c21-16-13-24-26-19(23-11-10-14-6-2-1-3-7-14)12-18(25-20(16)26)15-8-4-5-9-17(15)22/h1-9,12-13,23H,10-11H2. The number of aromatic nitrogens is 3. The smallest absolute Gasteiger partial charge is 0.172 e. The number of hydrogen-bond donors (Lipinski definition) is 1. The molecule has 0 spiro atoms. The zero-order valence-electron chi connectivity index (χ0n) is 13.9. The molecule has 2 heterocycles. The van der Waals surface area contributed by atoms with Crippen LogP contribution in [0, 0.1) is 3.57 Å². The van der Waals surface area contributed by atoms with Gasteiger partial charge in [-0.2, -0.15) is 9.61 Å². The van der Waals surface area contributed by atoms with Crippen LogP contribution >= 0.6 is 38.5 Å². The van der Waals surface area contributed by atoms with Gasteiger partial charge in [-0.05, 0) is 56.6 Å². The maximum atomic E-state index is 4.80. The van der Waals surface area contributed by atoms with Crippen LogP contribution < -0.4 is 5.32 Å². The topological polar surface area (TPSA) is 42.2 Å². The van der Waals surface area contributed by atoms with Gasteiger partial charge in [-0.15, -0.1) is 0 Å². The fourth-order valence-electron chi connectivity index (χ4n) is 2.85. The molecule has 0 amide bonds. The molecule has 0 saturated heterocycles. The summed E-state index contributed by atoms with van der Waals surface area (Å²) in [4.78, 5) is 4.80. The normalized spacial score (nSPS) is 11.0. The third-order valence-electron chi connectivity index (χ3n) is 4.14. The first-order valence-corrected chi connectivity index (χ1v) is 10.2. The highest BCUT2D eigenvalue weighted by Crippen LogP contribution is 2.28. The van der Waals surface area contributed by atoms with Crippen molar-refractivity contribution in [2.24, 2.45) is 0 Å². The van der Waals surface area contributed by atoms with Crippen LogP contribution in [-0.2, 0) is 6.42 Å². The Morgan fingerprint density at radius 2 is 1.81 bits per heavy atom. The van der Waals surface area contributed by atoms with Gasteiger partial charge in [0.15, 0.2) is 5.65 Å². The van der Waals surface area contributed by atoms with E-state index in [-0.39, 0.29) is 0 Å². The Kier molecular flexibility index (Phi) is 5.21. The third-order valence-corrected chi connectivity index (χ3v) is 5.64. The molecule has 0 atom stereocenters. The summed E-state index contributed by atoms with van der Waals surface area (Å²) in [6.45, 7) is 0.825. The first-order chi connectivity index (χ1) is 12.7. The van der Waals surface area contributed by atoms with Crippen molar-refractivity contribution in [1.29, 1.82) is 0 Å². The average molecular weight is 519 g/mol. The van der Waals surface area contributed by atoms with Gasteiger partial charge in [-0.1, -0.05) is 48.5 Å². The highest BCUT2D eigenvalue weighted by molar-refractivity contribution is 14.1. The summed E-state index contributed by atoms with van der Waals surface area (Å²) in [7, 11) is 0. The lowest BCUT2D eigenvalue weighted by Crippen LogP contribution is -2.10. The lowest BCUT2D eigenvalue weighted by molar-refractivity contribution is 0.914. The van der Waals surface area contributed by atoms with Gasteiger partial charge in [0.25, 0.3) is 0 Å². The number of anilines is 1. The molecule has 0 saturated carbocycles. The minimum atomic E-state index is 0.810. The highest BCUT2D eigenvalue weighted by Gasteiger charge is 2.12. The second-order valence-electron chi connectivity index (χ2n) is 5.90. The van der Waals surface area contributed by atoms with Crippen LogP contribution in [0.4, 0.5) is 5.82 Å². The van der Waals surface area contributed by atoms with Gasteiger partial charge in [0.05, 0.1) is 16.4 Å². The summed E-state index contributed by atoms with van der Waals surface area (Å²) in [6, 6.07) is 20.8. The van der Waals surface area contributed by atoms with Crippen molar-refractivity contribution in [3.8, 4) is 11.3 Å². The fourth-order valence-corrected chi connectivity index (χ4v) is 3.86. The van der Waals surface area contributed by atoms with Crippen LogP contribution in [0.2, 0.25) is 0 Å². The highest BCUT2D eigenvalue weighted by atomic mass is 127. The number of nitrogens with zero attached hydrogens (tertiary/aromatic N) is 3. The quantitative estimate of drug-likeness (QED) is 0.359. The summed E-state index contributed by atoms with van der Waals surface area (Å²) in [6.07, 6.45) is 2.73. The van der Waals surface area contributed by atoms with Crippen molar-refractivity contribution in [3.63, 3.8) is 0 Å². The van der Waals surface area contributed by atoms with Crippen LogP contribution in [-0.4, -0.2) is 21.1 Å². The van der Waals surface area contributed by atoms with E-state index < -0.39 is 0 Å². The molecule has 0 aliphatic heterocycles. The zero-order valence-corrected chi connectivity index (χ0v) is 17.6. The van der Waals surface area contributed by atoms with Crippen LogP contribution in [0.25, 0.3) is 16.9 Å². The van der Waals surface area contributed by atoms with Gasteiger partial charge in [0.2, 0.25) is 0 Å². The van der Waals surface area contributed by atoms with Gasteiger partial charge >= 0.3 is 0 Å². The molecule has 0 fully saturated rings. The van der Waals surface area contributed by atoms with E-state index in [4.69, 9.17) is 4.98 Å². The van der Waals surface area contributed by atoms with E-state index in [1.807, 2.05) is 22.7 Å². The van der Waals surface area contributed by atoms with Gasteiger partial charge in [0.1, 0.15) is 5.82 Å². The molecule has 2 aromatic heterocycles. The maximum Gasteiger partial charge on any atom is 0.172 e. The Balaban J connectivity index is 1.68. The van der Waals surface area contributed by atoms with Crippen molar-refractivity contribution in [2.45, 2.75) is 6.42 Å². The minimum absolute atomic E-state index is 0.810. The molecule has 0 aliphatic rings. The van der Waals surface area contributed by atoms with Crippen LogP contribution in [0.5, 0.6) is 0 Å². The van der Waals surface area contributed by atoms with E-state index in [9.17, 15) is 0 Å². The Morgan fingerprint density at radius 3 is 2.62 bits per heavy atom. The third kappa shape index (κ3) is 3.61. The monoisotopic (exact) mass is 518 g/mol. The van der Waals surface area contributed by atoms with Gasteiger partial charge < -0.3 is 5.32 Å². The molecular weight excluding hydrogens is 503 g/mol. The number of fused-ring (bicyclic) bond motifs is 1. The Labute approximate surface area is 173 Å². The molecule has 4 rings (SSSR count). The summed E-state index contributed by atoms with van der Waals surface area (Å²) < 4.78 is 3.90. The molecule has 2 aromatic carbocycles. The molecule has 130 valence electrons. The molecule has 4 nitrogen and oxygen atoms in total. The number of halogens is 2. The predicted octanol–water partition coefficient (Wildman–Crippen LogP) is 5.42. The summed E-state index contributed by atoms with van der Waals surface area (Å²) in [5, 5.41) is 7.96. The average Bonchev–Trinajstić information content (AvgIpc) is 3.04. The molecule has 0 unspecified atom stereocenters. The molecular formula is C20H16BrIN4. The van der Waals surface area contributed by atoms with E-state index in [0.717, 1.165) is 40.2 Å². The predicted molar refractivity (Wildman–Crippen MR) is 117 cm³/mol. The largest absolute Gasteiger partial charge is 0.370 e. The molecule has 6 heteroatoms. The summed E-state index contributed by atoms with van der Waals surface area (Å²) >= 11 is 5.90. The van der Waals surface area contributed by atoms with Crippen molar-refractivity contribution in [1.82, 2.24) is 14.6 Å². The second kappa shape index (κ2) is 7.75. The molecule has 26 heavy (non-hydrogen) atoms. The fraction of sp³-hybridized carbons (Fsp3) is 0.100. The van der Waals surface area contributed by atoms with Gasteiger partial charge in [-0.25, -0.2) is 4.98 Å². The van der Waals surface area contributed by atoms with Crippen LogP contribution in [0.15, 0.2) is 71.3 Å². The Bertz CT molecular complexity index is 1050. The zero-order chi connectivity index (χ0) is 17.9. The van der Waals surface area contributed by atoms with E-state index in [1.54, 1.807) is 6.20 Å². The summed E-state index contributed by atoms with van der Waals surface area (Å²) in [5.41, 5.74) is 4.18.